The molecule has 0 atom stereocenters. The second-order valence-electron chi connectivity index (χ2n) is 5.00. The van der Waals surface area contributed by atoms with Crippen LogP contribution < -0.4 is 10.3 Å². The van der Waals surface area contributed by atoms with E-state index in [2.05, 4.69) is 9.97 Å². The summed E-state index contributed by atoms with van der Waals surface area (Å²) in [6.45, 7) is 2.60. The zero-order chi connectivity index (χ0) is 13.9. The molecule has 0 spiro atoms. The van der Waals surface area contributed by atoms with Gasteiger partial charge < -0.3 is 9.72 Å². The smallest absolute Gasteiger partial charge is 0.254 e. The lowest BCUT2D eigenvalue weighted by Crippen LogP contribution is -2.21. The Balaban J connectivity index is 1.97. The Morgan fingerprint density at radius 1 is 1.20 bits per heavy atom. The molecule has 1 aromatic heterocycles. The van der Waals surface area contributed by atoms with Crippen molar-refractivity contribution in [2.75, 3.05) is 6.61 Å². The number of aryl methyl sites for hydroxylation is 1. The number of ether oxygens (including phenoxy) is 1. The summed E-state index contributed by atoms with van der Waals surface area (Å²) in [5.74, 6) is 1.48. The molecular weight excluding hydrogens is 252 g/mol. The lowest BCUT2D eigenvalue weighted by molar-refractivity contribution is 0.340. The van der Waals surface area contributed by atoms with Crippen molar-refractivity contribution in [3.8, 4) is 17.1 Å². The monoisotopic (exact) mass is 270 g/mol. The van der Waals surface area contributed by atoms with Crippen LogP contribution in [0.5, 0.6) is 5.75 Å². The van der Waals surface area contributed by atoms with E-state index in [1.54, 1.807) is 0 Å². The molecule has 1 aliphatic rings. The van der Waals surface area contributed by atoms with Gasteiger partial charge in [-0.15, -0.1) is 0 Å². The Bertz CT molecular complexity index is 659. The van der Waals surface area contributed by atoms with Crippen molar-refractivity contribution in [3.63, 3.8) is 0 Å². The first-order valence-corrected chi connectivity index (χ1v) is 7.13. The molecule has 1 aliphatic carbocycles. The number of nitrogens with zero attached hydrogens (tertiary/aromatic N) is 1. The van der Waals surface area contributed by atoms with Crippen molar-refractivity contribution in [3.05, 3.63) is 45.9 Å². The number of H-pyrrole nitrogens is 1. The normalized spacial score (nSPS) is 13.8. The van der Waals surface area contributed by atoms with Crippen LogP contribution in [-0.4, -0.2) is 16.6 Å². The number of hydrogen-bond donors (Lipinski definition) is 1. The molecule has 0 unspecified atom stereocenters. The molecule has 0 radical (unpaired) electrons. The summed E-state index contributed by atoms with van der Waals surface area (Å²) in [7, 11) is 0. The van der Waals surface area contributed by atoms with Gasteiger partial charge in [-0.3, -0.25) is 4.79 Å². The fourth-order valence-electron chi connectivity index (χ4n) is 2.62. The fourth-order valence-corrected chi connectivity index (χ4v) is 2.62. The number of nitrogens with one attached hydrogen (secondary N) is 1. The van der Waals surface area contributed by atoms with Crippen molar-refractivity contribution in [1.82, 2.24) is 9.97 Å². The van der Waals surface area contributed by atoms with Gasteiger partial charge in [0, 0.05) is 11.1 Å². The second-order valence-corrected chi connectivity index (χ2v) is 5.00. The molecule has 2 aromatic rings. The maximum atomic E-state index is 12.1. The molecule has 0 aliphatic heterocycles. The van der Waals surface area contributed by atoms with E-state index in [-0.39, 0.29) is 5.56 Å². The van der Waals surface area contributed by atoms with Crippen LogP contribution in [-0.2, 0) is 12.8 Å². The predicted octanol–water partition coefficient (Wildman–Crippen LogP) is 2.71. The highest BCUT2D eigenvalue weighted by Crippen LogP contribution is 2.22. The Kier molecular flexibility index (Phi) is 3.54. The average Bonchev–Trinajstić information content (AvgIpc) is 2.48. The van der Waals surface area contributed by atoms with E-state index < -0.39 is 0 Å². The molecule has 1 N–H and O–H groups in total. The Hall–Kier alpha value is -2.10. The van der Waals surface area contributed by atoms with Crippen molar-refractivity contribution in [1.29, 1.82) is 0 Å². The summed E-state index contributed by atoms with van der Waals surface area (Å²) in [6.07, 6.45) is 3.96. The molecule has 104 valence electrons. The fraction of sp³-hybridized carbons (Fsp3) is 0.375. The number of aromatic nitrogens is 2. The number of rotatable bonds is 3. The third kappa shape index (κ3) is 2.46. The van der Waals surface area contributed by atoms with Crippen LogP contribution in [0.3, 0.4) is 0 Å². The van der Waals surface area contributed by atoms with Crippen molar-refractivity contribution < 1.29 is 4.74 Å². The molecule has 0 amide bonds. The molecule has 4 heteroatoms. The van der Waals surface area contributed by atoms with Gasteiger partial charge in [0.1, 0.15) is 11.6 Å². The van der Waals surface area contributed by atoms with E-state index in [0.29, 0.717) is 12.4 Å². The minimum Gasteiger partial charge on any atom is -0.494 e. The van der Waals surface area contributed by atoms with Gasteiger partial charge in [0.15, 0.2) is 0 Å². The first-order chi connectivity index (χ1) is 9.78. The SMILES string of the molecule is CCOc1ccc(-c2nc3c(c(=O)[nH]2)CCCC3)cc1. The molecule has 20 heavy (non-hydrogen) atoms. The minimum absolute atomic E-state index is 0.0126. The lowest BCUT2D eigenvalue weighted by Gasteiger charge is -2.14. The van der Waals surface area contributed by atoms with Gasteiger partial charge in [0.2, 0.25) is 0 Å². The van der Waals surface area contributed by atoms with Crippen LogP contribution in [0, 0.1) is 0 Å². The summed E-state index contributed by atoms with van der Waals surface area (Å²) in [5.41, 5.74) is 2.76. The number of aromatic amines is 1. The predicted molar refractivity (Wildman–Crippen MR) is 78.1 cm³/mol. The first kappa shape index (κ1) is 12.9. The van der Waals surface area contributed by atoms with Crippen molar-refractivity contribution >= 4 is 0 Å². The minimum atomic E-state index is 0.0126. The van der Waals surface area contributed by atoms with E-state index in [9.17, 15) is 4.79 Å². The van der Waals surface area contributed by atoms with Gasteiger partial charge in [-0.05, 0) is 56.9 Å². The third-order valence-corrected chi connectivity index (χ3v) is 3.63. The highest BCUT2D eigenvalue weighted by molar-refractivity contribution is 5.56. The van der Waals surface area contributed by atoms with Gasteiger partial charge in [0.25, 0.3) is 5.56 Å². The largest absolute Gasteiger partial charge is 0.494 e. The van der Waals surface area contributed by atoms with E-state index in [0.717, 1.165) is 48.3 Å². The van der Waals surface area contributed by atoms with Gasteiger partial charge in [-0.2, -0.15) is 0 Å². The Labute approximate surface area is 117 Å². The average molecular weight is 270 g/mol. The van der Waals surface area contributed by atoms with Crippen molar-refractivity contribution in [2.45, 2.75) is 32.6 Å². The topological polar surface area (TPSA) is 55.0 Å². The second kappa shape index (κ2) is 5.49. The van der Waals surface area contributed by atoms with E-state index in [1.165, 1.54) is 0 Å². The van der Waals surface area contributed by atoms with Gasteiger partial charge in [0.05, 0.1) is 12.3 Å². The van der Waals surface area contributed by atoms with Gasteiger partial charge in [-0.25, -0.2) is 4.98 Å². The molecule has 1 heterocycles. The van der Waals surface area contributed by atoms with Crippen LogP contribution in [0.4, 0.5) is 0 Å². The summed E-state index contributed by atoms with van der Waals surface area (Å²) >= 11 is 0. The van der Waals surface area contributed by atoms with Crippen molar-refractivity contribution in [2.24, 2.45) is 0 Å². The summed E-state index contributed by atoms with van der Waals surface area (Å²) < 4.78 is 5.42. The molecule has 1 aromatic carbocycles. The number of fused-ring (bicyclic) bond motifs is 1. The van der Waals surface area contributed by atoms with Crippen LogP contribution in [0.15, 0.2) is 29.1 Å². The molecule has 0 saturated carbocycles. The molecular formula is C16H18N2O2. The van der Waals surface area contributed by atoms with Crippen LogP contribution >= 0.6 is 0 Å². The summed E-state index contributed by atoms with van der Waals surface area (Å²) in [5, 5.41) is 0. The Morgan fingerprint density at radius 2 is 1.95 bits per heavy atom. The number of hydrogen-bond acceptors (Lipinski definition) is 3. The van der Waals surface area contributed by atoms with E-state index >= 15 is 0 Å². The van der Waals surface area contributed by atoms with Crippen LogP contribution in [0.25, 0.3) is 11.4 Å². The first-order valence-electron chi connectivity index (χ1n) is 7.13. The highest BCUT2D eigenvalue weighted by Gasteiger charge is 2.15. The summed E-state index contributed by atoms with van der Waals surface area (Å²) in [6, 6.07) is 7.66. The molecule has 0 fully saturated rings. The third-order valence-electron chi connectivity index (χ3n) is 3.63. The zero-order valence-electron chi connectivity index (χ0n) is 11.6. The molecule has 0 bridgehead atoms. The maximum Gasteiger partial charge on any atom is 0.254 e. The summed E-state index contributed by atoms with van der Waals surface area (Å²) in [4.78, 5) is 19.6. The quantitative estimate of drug-likeness (QED) is 0.933. The molecule has 3 rings (SSSR count). The molecule has 4 nitrogen and oxygen atoms in total. The molecule has 0 saturated heterocycles. The number of benzene rings is 1. The van der Waals surface area contributed by atoms with E-state index in [4.69, 9.17) is 4.74 Å². The Morgan fingerprint density at radius 3 is 2.70 bits per heavy atom. The van der Waals surface area contributed by atoms with Crippen LogP contribution in [0.2, 0.25) is 0 Å². The lowest BCUT2D eigenvalue weighted by atomic mass is 9.97. The maximum absolute atomic E-state index is 12.1. The highest BCUT2D eigenvalue weighted by atomic mass is 16.5. The van der Waals surface area contributed by atoms with E-state index in [1.807, 2.05) is 31.2 Å². The van der Waals surface area contributed by atoms with Gasteiger partial charge in [-0.1, -0.05) is 0 Å². The zero-order valence-corrected chi connectivity index (χ0v) is 11.6. The van der Waals surface area contributed by atoms with Gasteiger partial charge >= 0.3 is 0 Å². The standard InChI is InChI=1S/C16H18N2O2/c1-2-20-12-9-7-11(8-10-12)15-17-14-6-4-3-5-13(14)16(19)18-15/h7-10H,2-6H2,1H3,(H,17,18,19). The van der Waals surface area contributed by atoms with Crippen LogP contribution in [0.1, 0.15) is 31.0 Å².